The summed E-state index contributed by atoms with van der Waals surface area (Å²) in [4.78, 5) is 38.6. The Morgan fingerprint density at radius 1 is 1.22 bits per heavy atom. The van der Waals surface area contributed by atoms with Crippen molar-refractivity contribution in [2.75, 3.05) is 5.32 Å². The molecule has 1 N–H and O–H groups in total. The van der Waals surface area contributed by atoms with Crippen molar-refractivity contribution < 1.29 is 18.9 Å². The van der Waals surface area contributed by atoms with E-state index >= 15 is 0 Å². The van der Waals surface area contributed by atoms with Crippen molar-refractivity contribution in [3.05, 3.63) is 11.3 Å². The van der Waals surface area contributed by atoms with E-state index in [2.05, 4.69) is 10.5 Å². The summed E-state index contributed by atoms with van der Waals surface area (Å²) >= 11 is 0. The van der Waals surface area contributed by atoms with Gasteiger partial charge in [-0.25, -0.2) is 0 Å². The predicted molar refractivity (Wildman–Crippen MR) is 81.4 cm³/mol. The van der Waals surface area contributed by atoms with Crippen molar-refractivity contribution in [2.24, 2.45) is 11.8 Å². The molecule has 0 spiro atoms. The van der Waals surface area contributed by atoms with Crippen LogP contribution in [0, 0.1) is 25.7 Å². The number of hydrogen-bond donors (Lipinski definition) is 1. The smallest absolute Gasteiger partial charge is 0.249 e. The van der Waals surface area contributed by atoms with Gasteiger partial charge in [0.25, 0.3) is 0 Å². The number of anilines is 1. The molecule has 1 aromatic rings. The van der Waals surface area contributed by atoms with Gasteiger partial charge in [-0.3, -0.25) is 24.6 Å². The van der Waals surface area contributed by atoms with Crippen LogP contribution in [-0.2, 0) is 14.4 Å². The third-order valence-corrected chi connectivity index (χ3v) is 5.04. The number of aromatic nitrogens is 1. The van der Waals surface area contributed by atoms with Crippen molar-refractivity contribution in [2.45, 2.75) is 52.5 Å². The number of carbonyl (C=O) groups excluding carboxylic acids is 3. The number of carbonyl (C=O) groups is 3. The highest BCUT2D eigenvalue weighted by Gasteiger charge is 2.50. The predicted octanol–water partition coefficient (Wildman–Crippen LogP) is 1.79. The van der Waals surface area contributed by atoms with Crippen molar-refractivity contribution in [1.29, 1.82) is 0 Å². The average Bonchev–Trinajstić information content (AvgIpc) is 2.99. The number of rotatable bonds is 3. The molecule has 3 atom stereocenters. The van der Waals surface area contributed by atoms with Gasteiger partial charge in [0.15, 0.2) is 0 Å². The summed E-state index contributed by atoms with van der Waals surface area (Å²) in [7, 11) is 0. The lowest BCUT2D eigenvalue weighted by atomic mass is 9.81. The molecule has 2 heterocycles. The average molecular weight is 319 g/mol. The fourth-order valence-corrected chi connectivity index (χ4v) is 3.44. The van der Waals surface area contributed by atoms with E-state index in [1.54, 1.807) is 20.8 Å². The number of nitrogens with one attached hydrogen (secondary N) is 1. The highest BCUT2D eigenvalue weighted by Crippen LogP contribution is 2.38. The van der Waals surface area contributed by atoms with Crippen LogP contribution in [0.4, 0.5) is 5.88 Å². The lowest BCUT2D eigenvalue weighted by molar-refractivity contribution is -0.146. The largest absolute Gasteiger partial charge is 0.338 e. The maximum Gasteiger partial charge on any atom is 0.249 e. The van der Waals surface area contributed by atoms with Gasteiger partial charge >= 0.3 is 0 Å². The summed E-state index contributed by atoms with van der Waals surface area (Å²) in [5.74, 6) is -1.11. The van der Waals surface area contributed by atoms with Crippen molar-refractivity contribution >= 4 is 23.6 Å². The van der Waals surface area contributed by atoms with Gasteiger partial charge in [-0.2, -0.15) is 0 Å². The van der Waals surface area contributed by atoms with Crippen molar-refractivity contribution in [1.82, 2.24) is 10.1 Å². The Kier molecular flexibility index (Phi) is 3.95. The molecule has 3 unspecified atom stereocenters. The van der Waals surface area contributed by atoms with Crippen molar-refractivity contribution in [3.8, 4) is 0 Å². The molecule has 3 rings (SSSR count). The number of imide groups is 1. The lowest BCUT2D eigenvalue weighted by Gasteiger charge is -2.21. The van der Waals surface area contributed by atoms with E-state index in [9.17, 15) is 14.4 Å². The Bertz CT molecular complexity index is 642. The Labute approximate surface area is 134 Å². The van der Waals surface area contributed by atoms with Crippen LogP contribution >= 0.6 is 0 Å². The molecule has 1 aromatic heterocycles. The molecule has 1 saturated carbocycles. The highest BCUT2D eigenvalue weighted by atomic mass is 16.5. The van der Waals surface area contributed by atoms with E-state index in [0.717, 1.165) is 36.1 Å². The molecule has 7 heteroatoms. The molecule has 0 bridgehead atoms. The molecule has 2 aliphatic rings. The van der Waals surface area contributed by atoms with Crippen LogP contribution in [0.25, 0.3) is 0 Å². The number of likely N-dealkylation sites (tertiary alicyclic amines) is 1. The van der Waals surface area contributed by atoms with Crippen molar-refractivity contribution in [3.63, 3.8) is 0 Å². The van der Waals surface area contributed by atoms with E-state index in [0.29, 0.717) is 5.69 Å². The second-order valence-electron chi connectivity index (χ2n) is 6.43. The van der Waals surface area contributed by atoms with E-state index < -0.39 is 11.9 Å². The summed E-state index contributed by atoms with van der Waals surface area (Å²) < 4.78 is 5.06. The zero-order valence-corrected chi connectivity index (χ0v) is 13.6. The fourth-order valence-electron chi connectivity index (χ4n) is 3.44. The van der Waals surface area contributed by atoms with E-state index in [4.69, 9.17) is 4.52 Å². The van der Waals surface area contributed by atoms with Gasteiger partial charge in [-0.15, -0.1) is 0 Å². The second kappa shape index (κ2) is 5.79. The molecule has 0 aromatic carbocycles. The van der Waals surface area contributed by atoms with E-state index in [1.165, 1.54) is 0 Å². The number of aryl methyl sites for hydroxylation is 1. The van der Waals surface area contributed by atoms with Gasteiger partial charge in [-0.05, 0) is 33.6 Å². The zero-order chi connectivity index (χ0) is 16.7. The van der Waals surface area contributed by atoms with Crippen LogP contribution in [0.5, 0.6) is 0 Å². The Morgan fingerprint density at radius 3 is 2.26 bits per heavy atom. The molecule has 1 aliphatic heterocycles. The van der Waals surface area contributed by atoms with Crippen LogP contribution in [-0.4, -0.2) is 33.8 Å². The highest BCUT2D eigenvalue weighted by molar-refractivity contribution is 6.09. The molecule has 7 nitrogen and oxygen atoms in total. The van der Waals surface area contributed by atoms with E-state index in [-0.39, 0.29) is 29.5 Å². The molecular weight excluding hydrogens is 298 g/mol. The van der Waals surface area contributed by atoms with Crippen LogP contribution in [0.3, 0.4) is 0 Å². The SMILES string of the molecule is Cc1noc(NC(=O)C(C)N2C(=O)C3CCCCC3C2=O)c1C. The van der Waals surface area contributed by atoms with Crippen LogP contribution in [0.1, 0.15) is 43.9 Å². The molecular formula is C16H21N3O4. The maximum absolute atomic E-state index is 12.5. The minimum Gasteiger partial charge on any atom is -0.338 e. The number of hydrogen-bond acceptors (Lipinski definition) is 5. The number of fused-ring (bicyclic) bond motifs is 1. The molecule has 0 radical (unpaired) electrons. The maximum atomic E-state index is 12.5. The number of nitrogens with zero attached hydrogens (tertiary/aromatic N) is 2. The van der Waals surface area contributed by atoms with Crippen LogP contribution in [0.15, 0.2) is 4.52 Å². The molecule has 3 amide bonds. The standard InChI is InChI=1S/C16H21N3O4/c1-8-9(2)18-23-14(8)17-13(20)10(3)19-15(21)11-6-4-5-7-12(11)16(19)22/h10-12H,4-7H2,1-3H3,(H,17,20). The topological polar surface area (TPSA) is 92.5 Å². The first-order valence-electron chi connectivity index (χ1n) is 8.02. The van der Waals surface area contributed by atoms with Gasteiger partial charge in [-0.1, -0.05) is 18.0 Å². The van der Waals surface area contributed by atoms with Gasteiger partial charge in [0.1, 0.15) is 6.04 Å². The first-order valence-corrected chi connectivity index (χ1v) is 8.02. The second-order valence-corrected chi connectivity index (χ2v) is 6.43. The molecule has 1 aliphatic carbocycles. The van der Waals surface area contributed by atoms with Gasteiger partial charge in [0, 0.05) is 5.56 Å². The monoisotopic (exact) mass is 319 g/mol. The Hall–Kier alpha value is -2.18. The Morgan fingerprint density at radius 2 is 1.78 bits per heavy atom. The normalized spacial score (nSPS) is 25.4. The fraction of sp³-hybridized carbons (Fsp3) is 0.625. The van der Waals surface area contributed by atoms with Gasteiger partial charge in [0.05, 0.1) is 17.5 Å². The minimum atomic E-state index is -0.856. The summed E-state index contributed by atoms with van der Waals surface area (Å²) in [5.41, 5.74) is 1.42. The summed E-state index contributed by atoms with van der Waals surface area (Å²) in [6, 6.07) is -0.856. The summed E-state index contributed by atoms with van der Waals surface area (Å²) in [6.45, 7) is 5.13. The van der Waals surface area contributed by atoms with Crippen LogP contribution < -0.4 is 5.32 Å². The van der Waals surface area contributed by atoms with E-state index in [1.807, 2.05) is 0 Å². The quantitative estimate of drug-likeness (QED) is 0.858. The lowest BCUT2D eigenvalue weighted by Crippen LogP contribution is -2.46. The third-order valence-electron chi connectivity index (χ3n) is 5.04. The van der Waals surface area contributed by atoms with Gasteiger partial charge < -0.3 is 4.52 Å². The zero-order valence-electron chi connectivity index (χ0n) is 13.6. The van der Waals surface area contributed by atoms with Gasteiger partial charge in [0.2, 0.25) is 23.6 Å². The third kappa shape index (κ3) is 2.54. The molecule has 23 heavy (non-hydrogen) atoms. The minimum absolute atomic E-state index is 0.215. The first-order chi connectivity index (χ1) is 10.9. The van der Waals surface area contributed by atoms with Crippen LogP contribution in [0.2, 0.25) is 0 Å². The summed E-state index contributed by atoms with van der Waals surface area (Å²) in [6.07, 6.45) is 3.40. The Balaban J connectivity index is 1.75. The summed E-state index contributed by atoms with van der Waals surface area (Å²) in [5, 5.41) is 6.39. The molecule has 2 fully saturated rings. The number of amides is 3. The molecule has 1 saturated heterocycles. The first kappa shape index (κ1) is 15.7. The molecule has 124 valence electrons.